The van der Waals surface area contributed by atoms with Crippen LogP contribution >= 0.6 is 24.0 Å². The summed E-state index contributed by atoms with van der Waals surface area (Å²) in [5.41, 5.74) is 0.950. The Morgan fingerprint density at radius 3 is 2.67 bits per heavy atom. The predicted molar refractivity (Wildman–Crippen MR) is 89.5 cm³/mol. The fraction of sp³-hybridized carbons (Fsp3) is 0.375. The highest BCUT2D eigenvalue weighted by molar-refractivity contribution is 6.32. The lowest BCUT2D eigenvalue weighted by molar-refractivity contribution is 0.415. The Hall–Kier alpha value is -1.16. The maximum atomic E-state index is 6.13. The standard InChI is InChI=1S/C16H20ClNO2.ClH/c1-4-11(2)18-10-13-6-8-15(20-13)12-5-7-16(19-3)14(17)9-12;/h5-9,11,18H,4,10H2,1-3H3;1H. The van der Waals surface area contributed by atoms with Crippen molar-refractivity contribution in [2.75, 3.05) is 7.11 Å². The SMILES string of the molecule is CCC(C)NCc1ccc(-c2ccc(OC)c(Cl)c2)o1.Cl. The molecule has 2 aromatic rings. The van der Waals surface area contributed by atoms with Gasteiger partial charge in [0.05, 0.1) is 18.7 Å². The Bertz CT molecular complexity index is 569. The molecule has 3 nitrogen and oxygen atoms in total. The molecule has 0 bridgehead atoms. The first kappa shape index (κ1) is 17.9. The lowest BCUT2D eigenvalue weighted by Gasteiger charge is -2.09. The van der Waals surface area contributed by atoms with Crippen molar-refractivity contribution in [3.8, 4) is 17.1 Å². The van der Waals surface area contributed by atoms with Crippen LogP contribution in [0, 0.1) is 0 Å². The minimum Gasteiger partial charge on any atom is -0.495 e. The summed E-state index contributed by atoms with van der Waals surface area (Å²) < 4.78 is 11.0. The largest absolute Gasteiger partial charge is 0.495 e. The van der Waals surface area contributed by atoms with Crippen molar-refractivity contribution in [2.24, 2.45) is 0 Å². The summed E-state index contributed by atoms with van der Waals surface area (Å²) >= 11 is 6.13. The molecule has 0 aliphatic carbocycles. The molecule has 2 rings (SSSR count). The number of nitrogens with one attached hydrogen (secondary N) is 1. The number of halogens is 2. The number of hydrogen-bond acceptors (Lipinski definition) is 3. The normalized spacial score (nSPS) is 11.8. The molecule has 0 radical (unpaired) electrons. The van der Waals surface area contributed by atoms with Gasteiger partial charge < -0.3 is 14.5 Å². The van der Waals surface area contributed by atoms with E-state index in [0.29, 0.717) is 16.8 Å². The van der Waals surface area contributed by atoms with Crippen LogP contribution in [-0.2, 0) is 6.54 Å². The lowest BCUT2D eigenvalue weighted by Crippen LogP contribution is -2.24. The monoisotopic (exact) mass is 329 g/mol. The van der Waals surface area contributed by atoms with Crippen LogP contribution < -0.4 is 10.1 Å². The van der Waals surface area contributed by atoms with E-state index in [4.69, 9.17) is 20.8 Å². The van der Waals surface area contributed by atoms with Gasteiger partial charge >= 0.3 is 0 Å². The van der Waals surface area contributed by atoms with E-state index in [9.17, 15) is 0 Å². The summed E-state index contributed by atoms with van der Waals surface area (Å²) in [6, 6.07) is 10.1. The van der Waals surface area contributed by atoms with Gasteiger partial charge in [-0.05, 0) is 43.7 Å². The summed E-state index contributed by atoms with van der Waals surface area (Å²) in [4.78, 5) is 0. The molecule has 1 unspecified atom stereocenters. The molecule has 0 aliphatic rings. The Balaban J connectivity index is 0.00000220. The van der Waals surface area contributed by atoms with Crippen molar-refractivity contribution in [1.82, 2.24) is 5.32 Å². The van der Waals surface area contributed by atoms with E-state index in [1.54, 1.807) is 7.11 Å². The summed E-state index contributed by atoms with van der Waals surface area (Å²) in [7, 11) is 1.60. The van der Waals surface area contributed by atoms with Crippen LogP contribution in [0.1, 0.15) is 26.0 Å². The van der Waals surface area contributed by atoms with Gasteiger partial charge in [-0.25, -0.2) is 0 Å². The number of benzene rings is 1. The van der Waals surface area contributed by atoms with E-state index in [1.807, 2.05) is 30.3 Å². The van der Waals surface area contributed by atoms with Gasteiger partial charge in [0.1, 0.15) is 17.3 Å². The van der Waals surface area contributed by atoms with Crippen LogP contribution in [0.5, 0.6) is 5.75 Å². The van der Waals surface area contributed by atoms with Gasteiger partial charge in [0, 0.05) is 11.6 Å². The zero-order valence-electron chi connectivity index (χ0n) is 12.5. The molecular formula is C16H21Cl2NO2. The quantitative estimate of drug-likeness (QED) is 0.816. The van der Waals surface area contributed by atoms with E-state index >= 15 is 0 Å². The van der Waals surface area contributed by atoms with Crippen LogP contribution in [0.2, 0.25) is 5.02 Å². The molecule has 1 aromatic carbocycles. The highest BCUT2D eigenvalue weighted by Gasteiger charge is 2.08. The van der Waals surface area contributed by atoms with Crippen LogP contribution in [0.4, 0.5) is 0 Å². The maximum Gasteiger partial charge on any atom is 0.137 e. The first-order valence-electron chi connectivity index (χ1n) is 6.80. The molecule has 1 aromatic heterocycles. The number of methoxy groups -OCH3 is 1. The number of rotatable bonds is 6. The first-order valence-corrected chi connectivity index (χ1v) is 7.17. The van der Waals surface area contributed by atoms with Crippen LogP contribution in [0.3, 0.4) is 0 Å². The summed E-state index contributed by atoms with van der Waals surface area (Å²) in [5.74, 6) is 2.41. The zero-order chi connectivity index (χ0) is 14.5. The highest BCUT2D eigenvalue weighted by Crippen LogP contribution is 2.31. The molecule has 0 saturated heterocycles. The third-order valence-corrected chi connectivity index (χ3v) is 3.63. The van der Waals surface area contributed by atoms with Gasteiger partial charge in [-0.15, -0.1) is 12.4 Å². The third kappa shape index (κ3) is 4.67. The smallest absolute Gasteiger partial charge is 0.137 e. The average Bonchev–Trinajstić information content (AvgIpc) is 2.93. The minimum absolute atomic E-state index is 0. The van der Waals surface area contributed by atoms with Crippen molar-refractivity contribution in [3.05, 3.63) is 41.1 Å². The molecule has 0 saturated carbocycles. The first-order chi connectivity index (χ1) is 9.63. The lowest BCUT2D eigenvalue weighted by atomic mass is 10.2. The van der Waals surface area contributed by atoms with E-state index in [1.165, 1.54) is 0 Å². The molecular weight excluding hydrogens is 309 g/mol. The van der Waals surface area contributed by atoms with Crippen LogP contribution in [0.25, 0.3) is 11.3 Å². The molecule has 116 valence electrons. The van der Waals surface area contributed by atoms with Crippen LogP contribution in [0.15, 0.2) is 34.7 Å². The molecule has 0 spiro atoms. The van der Waals surface area contributed by atoms with E-state index in [2.05, 4.69) is 19.2 Å². The molecule has 1 N–H and O–H groups in total. The summed E-state index contributed by atoms with van der Waals surface area (Å²) in [5, 5.41) is 3.99. The number of hydrogen-bond donors (Lipinski definition) is 1. The summed E-state index contributed by atoms with van der Waals surface area (Å²) in [6.07, 6.45) is 1.10. The molecule has 0 fully saturated rings. The van der Waals surface area contributed by atoms with Gasteiger partial charge in [0.2, 0.25) is 0 Å². The molecule has 5 heteroatoms. The molecule has 1 heterocycles. The molecule has 21 heavy (non-hydrogen) atoms. The third-order valence-electron chi connectivity index (χ3n) is 3.34. The number of furan rings is 1. The minimum atomic E-state index is 0. The average molecular weight is 330 g/mol. The van der Waals surface area contributed by atoms with Gasteiger partial charge in [0.15, 0.2) is 0 Å². The van der Waals surface area contributed by atoms with Crippen molar-refractivity contribution < 1.29 is 9.15 Å². The maximum absolute atomic E-state index is 6.13. The molecule has 1 atom stereocenters. The van der Waals surface area contributed by atoms with Crippen molar-refractivity contribution >= 4 is 24.0 Å². The summed E-state index contributed by atoms with van der Waals surface area (Å²) in [6.45, 7) is 5.05. The van der Waals surface area contributed by atoms with Gasteiger partial charge in [-0.3, -0.25) is 0 Å². The van der Waals surface area contributed by atoms with Crippen molar-refractivity contribution in [1.29, 1.82) is 0 Å². The van der Waals surface area contributed by atoms with Crippen molar-refractivity contribution in [3.63, 3.8) is 0 Å². The Morgan fingerprint density at radius 1 is 1.29 bits per heavy atom. The highest BCUT2D eigenvalue weighted by atomic mass is 35.5. The Labute approximate surface area is 137 Å². The van der Waals surface area contributed by atoms with E-state index in [0.717, 1.165) is 30.0 Å². The molecule has 0 amide bonds. The van der Waals surface area contributed by atoms with E-state index < -0.39 is 0 Å². The topological polar surface area (TPSA) is 34.4 Å². The van der Waals surface area contributed by atoms with Gasteiger partial charge in [-0.1, -0.05) is 18.5 Å². The molecule has 0 aliphatic heterocycles. The second-order valence-electron chi connectivity index (χ2n) is 4.81. The second kappa shape index (κ2) is 8.32. The second-order valence-corrected chi connectivity index (χ2v) is 5.21. The van der Waals surface area contributed by atoms with Gasteiger partial charge in [0.25, 0.3) is 0 Å². The fourth-order valence-electron chi connectivity index (χ4n) is 1.87. The predicted octanol–water partition coefficient (Wildman–Crippen LogP) is 4.92. The fourth-order valence-corrected chi connectivity index (χ4v) is 2.12. The Kier molecular flexibility index (Phi) is 7.09. The van der Waals surface area contributed by atoms with Gasteiger partial charge in [-0.2, -0.15) is 0 Å². The van der Waals surface area contributed by atoms with E-state index in [-0.39, 0.29) is 12.4 Å². The van der Waals surface area contributed by atoms with Crippen LogP contribution in [-0.4, -0.2) is 13.2 Å². The number of ether oxygens (including phenoxy) is 1. The van der Waals surface area contributed by atoms with Crippen molar-refractivity contribution in [2.45, 2.75) is 32.9 Å². The Morgan fingerprint density at radius 2 is 2.05 bits per heavy atom. The zero-order valence-corrected chi connectivity index (χ0v) is 14.1.